The van der Waals surface area contributed by atoms with Crippen molar-refractivity contribution in [1.29, 1.82) is 0 Å². The third-order valence-electron chi connectivity index (χ3n) is 3.77. The summed E-state index contributed by atoms with van der Waals surface area (Å²) in [6.45, 7) is 11.9. The molecule has 108 valence electrons. The van der Waals surface area contributed by atoms with E-state index in [1.165, 1.54) is 0 Å². The molecule has 0 amide bonds. The van der Waals surface area contributed by atoms with Crippen molar-refractivity contribution in [2.75, 3.05) is 6.54 Å². The van der Waals surface area contributed by atoms with Crippen LogP contribution in [0.4, 0.5) is 0 Å². The zero-order chi connectivity index (χ0) is 14.3. The lowest BCUT2D eigenvalue weighted by Crippen LogP contribution is -2.45. The van der Waals surface area contributed by atoms with Crippen molar-refractivity contribution in [1.82, 2.24) is 19.9 Å². The van der Waals surface area contributed by atoms with Gasteiger partial charge in [0.05, 0.1) is 23.0 Å². The minimum absolute atomic E-state index is 0.0358. The second-order valence-electron chi connectivity index (χ2n) is 7.11. The Hall–Kier alpha value is -0.940. The molecule has 0 aliphatic carbocycles. The van der Waals surface area contributed by atoms with Crippen LogP contribution in [0.25, 0.3) is 0 Å². The molecule has 0 radical (unpaired) electrons. The van der Waals surface area contributed by atoms with Gasteiger partial charge in [0.2, 0.25) is 0 Å². The van der Waals surface area contributed by atoms with E-state index in [0.29, 0.717) is 0 Å². The average Bonchev–Trinajstić information content (AvgIpc) is 2.84. The molecular weight excluding hydrogens is 240 g/mol. The molecule has 2 heterocycles. The second kappa shape index (κ2) is 4.87. The maximum absolute atomic E-state index is 10.2. The fraction of sp³-hybridized carbons (Fsp3) is 0.857. The molecule has 1 aliphatic heterocycles. The molecule has 1 unspecified atom stereocenters. The molecular formula is C14H26N4O. The van der Waals surface area contributed by atoms with Crippen LogP contribution in [0.5, 0.6) is 0 Å². The topological polar surface area (TPSA) is 54.2 Å². The molecule has 1 saturated heterocycles. The molecule has 0 spiro atoms. The van der Waals surface area contributed by atoms with Crippen LogP contribution >= 0.6 is 0 Å². The maximum Gasteiger partial charge on any atom is 0.0967 e. The quantitative estimate of drug-likeness (QED) is 0.906. The van der Waals surface area contributed by atoms with Crippen LogP contribution in [-0.2, 0) is 12.1 Å². The van der Waals surface area contributed by atoms with Crippen molar-refractivity contribution in [3.8, 4) is 0 Å². The highest BCUT2D eigenvalue weighted by Crippen LogP contribution is 2.28. The second-order valence-corrected chi connectivity index (χ2v) is 7.11. The number of nitrogens with zero attached hydrogens (tertiary/aromatic N) is 4. The Morgan fingerprint density at radius 1 is 1.32 bits per heavy atom. The molecule has 0 saturated carbocycles. The van der Waals surface area contributed by atoms with Gasteiger partial charge < -0.3 is 5.11 Å². The smallest absolute Gasteiger partial charge is 0.0967 e. The Morgan fingerprint density at radius 3 is 2.53 bits per heavy atom. The summed E-state index contributed by atoms with van der Waals surface area (Å²) in [5.41, 5.74) is 0.286. The minimum Gasteiger partial charge on any atom is -0.389 e. The van der Waals surface area contributed by atoms with Gasteiger partial charge >= 0.3 is 0 Å². The highest BCUT2D eigenvalue weighted by atomic mass is 16.3. The van der Waals surface area contributed by atoms with Gasteiger partial charge in [-0.2, -0.15) is 0 Å². The van der Waals surface area contributed by atoms with Gasteiger partial charge in [0, 0.05) is 12.6 Å². The van der Waals surface area contributed by atoms with Gasteiger partial charge in [-0.1, -0.05) is 5.21 Å². The van der Waals surface area contributed by atoms with Gasteiger partial charge in [0.15, 0.2) is 0 Å². The van der Waals surface area contributed by atoms with Crippen molar-refractivity contribution in [2.24, 2.45) is 0 Å². The third-order valence-corrected chi connectivity index (χ3v) is 3.77. The minimum atomic E-state index is -0.656. The highest BCUT2D eigenvalue weighted by molar-refractivity contribution is 4.99. The monoisotopic (exact) mass is 266 g/mol. The Balaban J connectivity index is 2.07. The van der Waals surface area contributed by atoms with Gasteiger partial charge in [0.25, 0.3) is 0 Å². The summed E-state index contributed by atoms with van der Waals surface area (Å²) in [4.78, 5) is 2.32. The molecule has 5 heteroatoms. The molecule has 1 aromatic rings. The Bertz CT molecular complexity index is 427. The molecule has 1 N–H and O–H groups in total. The van der Waals surface area contributed by atoms with Crippen LogP contribution in [0.2, 0.25) is 0 Å². The third kappa shape index (κ3) is 3.34. The molecule has 0 bridgehead atoms. The summed E-state index contributed by atoms with van der Waals surface area (Å²) in [5, 5.41) is 18.7. The average molecular weight is 266 g/mol. The van der Waals surface area contributed by atoms with E-state index >= 15 is 0 Å². The lowest BCUT2D eigenvalue weighted by molar-refractivity contribution is -0.00538. The van der Waals surface area contributed by atoms with Crippen LogP contribution < -0.4 is 0 Å². The number of aliphatic hydroxyl groups is 1. The standard InChI is InChI=1S/C14H26N4O/c1-13(2,3)18-10-11(15-16-18)9-17-8-6-7-12(17)14(4,5)19/h10,12,19H,6-9H2,1-5H3. The zero-order valence-corrected chi connectivity index (χ0v) is 12.7. The lowest BCUT2D eigenvalue weighted by Gasteiger charge is -2.33. The first-order valence-corrected chi connectivity index (χ1v) is 7.06. The van der Waals surface area contributed by atoms with Gasteiger partial charge in [-0.3, -0.25) is 4.90 Å². The summed E-state index contributed by atoms with van der Waals surface area (Å²) >= 11 is 0. The predicted octanol–water partition coefficient (Wildman–Crippen LogP) is 1.77. The first-order chi connectivity index (χ1) is 8.68. The van der Waals surface area contributed by atoms with Gasteiger partial charge in [-0.15, -0.1) is 5.10 Å². The molecule has 0 aromatic carbocycles. The highest BCUT2D eigenvalue weighted by Gasteiger charge is 2.36. The molecule has 2 rings (SSSR count). The molecule has 1 aliphatic rings. The summed E-state index contributed by atoms with van der Waals surface area (Å²) < 4.78 is 1.90. The van der Waals surface area contributed by atoms with Crippen LogP contribution in [0, 0.1) is 0 Å². The van der Waals surface area contributed by atoms with Crippen molar-refractivity contribution in [3.63, 3.8) is 0 Å². The molecule has 1 fully saturated rings. The normalized spacial score (nSPS) is 22.1. The van der Waals surface area contributed by atoms with E-state index in [1.807, 2.05) is 24.7 Å². The van der Waals surface area contributed by atoms with E-state index in [2.05, 4.69) is 36.0 Å². The van der Waals surface area contributed by atoms with Crippen LogP contribution in [0.1, 0.15) is 53.2 Å². The summed E-state index contributed by atoms with van der Waals surface area (Å²) in [5.74, 6) is 0. The van der Waals surface area contributed by atoms with Crippen molar-refractivity contribution >= 4 is 0 Å². The molecule has 1 atom stereocenters. The summed E-state index contributed by atoms with van der Waals surface area (Å²) in [6, 6.07) is 0.215. The van der Waals surface area contributed by atoms with Crippen molar-refractivity contribution < 1.29 is 5.11 Å². The summed E-state index contributed by atoms with van der Waals surface area (Å²) in [7, 11) is 0. The van der Waals surface area contributed by atoms with Gasteiger partial charge in [-0.05, 0) is 54.0 Å². The van der Waals surface area contributed by atoms with E-state index in [4.69, 9.17) is 0 Å². The first-order valence-electron chi connectivity index (χ1n) is 7.06. The number of aromatic nitrogens is 3. The van der Waals surface area contributed by atoms with E-state index < -0.39 is 5.60 Å². The fourth-order valence-corrected chi connectivity index (χ4v) is 2.72. The SMILES string of the molecule is CC(C)(O)C1CCCN1Cc1cn(C(C)(C)C)nn1. The number of hydrogen-bond donors (Lipinski definition) is 1. The Labute approximate surface area is 115 Å². The van der Waals surface area contributed by atoms with E-state index in [-0.39, 0.29) is 11.6 Å². The van der Waals surface area contributed by atoms with Crippen LogP contribution in [-0.4, -0.2) is 43.2 Å². The number of rotatable bonds is 3. The lowest BCUT2D eigenvalue weighted by atomic mass is 9.96. The maximum atomic E-state index is 10.2. The molecule has 5 nitrogen and oxygen atoms in total. The van der Waals surface area contributed by atoms with Crippen LogP contribution in [0.3, 0.4) is 0 Å². The fourth-order valence-electron chi connectivity index (χ4n) is 2.72. The number of likely N-dealkylation sites (tertiary alicyclic amines) is 1. The molecule has 1 aromatic heterocycles. The number of hydrogen-bond acceptors (Lipinski definition) is 4. The van der Waals surface area contributed by atoms with Crippen molar-refractivity contribution in [2.45, 2.75) is 71.2 Å². The Morgan fingerprint density at radius 2 is 2.00 bits per heavy atom. The van der Waals surface area contributed by atoms with Crippen LogP contribution in [0.15, 0.2) is 6.20 Å². The summed E-state index contributed by atoms with van der Waals surface area (Å²) in [6.07, 6.45) is 4.21. The van der Waals surface area contributed by atoms with Gasteiger partial charge in [0.1, 0.15) is 0 Å². The van der Waals surface area contributed by atoms with E-state index in [0.717, 1.165) is 31.6 Å². The van der Waals surface area contributed by atoms with Crippen molar-refractivity contribution in [3.05, 3.63) is 11.9 Å². The largest absolute Gasteiger partial charge is 0.389 e. The first kappa shape index (κ1) is 14.5. The van der Waals surface area contributed by atoms with Gasteiger partial charge in [-0.25, -0.2) is 4.68 Å². The molecule has 19 heavy (non-hydrogen) atoms. The predicted molar refractivity (Wildman–Crippen MR) is 74.7 cm³/mol. The Kier molecular flexibility index (Phi) is 3.71. The van der Waals surface area contributed by atoms with E-state index in [1.54, 1.807) is 0 Å². The zero-order valence-electron chi connectivity index (χ0n) is 12.7. The van der Waals surface area contributed by atoms with E-state index in [9.17, 15) is 5.11 Å².